The molecule has 1 aromatic rings. The topological polar surface area (TPSA) is 66.4 Å². The number of aliphatic hydroxyl groups is 1. The van der Waals surface area contributed by atoms with Crippen LogP contribution in [0.4, 0.5) is 0 Å². The SMILES string of the molecule is Cc1ccccc1S(=O)(=O)NCC(O)C1CC1. The Balaban J connectivity index is 2.05. The van der Waals surface area contributed by atoms with E-state index in [1.165, 1.54) is 0 Å². The summed E-state index contributed by atoms with van der Waals surface area (Å²) >= 11 is 0. The average Bonchev–Trinajstić information content (AvgIpc) is 3.10. The van der Waals surface area contributed by atoms with Crippen LogP contribution in [0.1, 0.15) is 18.4 Å². The first kappa shape index (κ1) is 12.5. The molecule has 0 radical (unpaired) electrons. The van der Waals surface area contributed by atoms with Crippen LogP contribution >= 0.6 is 0 Å². The van der Waals surface area contributed by atoms with Crippen LogP contribution < -0.4 is 4.72 Å². The second kappa shape index (κ2) is 4.76. The third kappa shape index (κ3) is 3.06. The van der Waals surface area contributed by atoms with Gasteiger partial charge in [-0.05, 0) is 37.3 Å². The van der Waals surface area contributed by atoms with Gasteiger partial charge in [-0.3, -0.25) is 0 Å². The lowest BCUT2D eigenvalue weighted by atomic mass is 10.2. The fourth-order valence-corrected chi connectivity index (χ4v) is 3.07. The monoisotopic (exact) mass is 255 g/mol. The summed E-state index contributed by atoms with van der Waals surface area (Å²) in [6.07, 6.45) is 1.43. The normalized spacial score (nSPS) is 18.0. The van der Waals surface area contributed by atoms with Crippen molar-refractivity contribution >= 4 is 10.0 Å². The van der Waals surface area contributed by atoms with Crippen molar-refractivity contribution in [2.75, 3.05) is 6.54 Å². The van der Waals surface area contributed by atoms with Gasteiger partial charge in [-0.2, -0.15) is 0 Å². The molecular formula is C12H17NO3S. The Labute approximate surface area is 102 Å². The Bertz CT molecular complexity index is 494. The van der Waals surface area contributed by atoms with Gasteiger partial charge in [0, 0.05) is 6.54 Å². The molecule has 1 atom stereocenters. The van der Waals surface area contributed by atoms with E-state index < -0.39 is 16.1 Å². The molecule has 4 nitrogen and oxygen atoms in total. The van der Waals surface area contributed by atoms with Crippen molar-refractivity contribution < 1.29 is 13.5 Å². The third-order valence-corrected chi connectivity index (χ3v) is 4.62. The van der Waals surface area contributed by atoms with E-state index in [1.807, 2.05) is 0 Å². The second-order valence-electron chi connectivity index (χ2n) is 4.52. The summed E-state index contributed by atoms with van der Waals surface area (Å²) in [7, 11) is -3.50. The number of hydrogen-bond acceptors (Lipinski definition) is 3. The number of aliphatic hydroxyl groups excluding tert-OH is 1. The maximum absolute atomic E-state index is 12.0. The summed E-state index contributed by atoms with van der Waals surface area (Å²) in [5.41, 5.74) is 0.709. The molecule has 1 aromatic carbocycles. The summed E-state index contributed by atoms with van der Waals surface area (Å²) in [6, 6.07) is 6.82. The molecule has 0 aromatic heterocycles. The van der Waals surface area contributed by atoms with Crippen LogP contribution in [0.3, 0.4) is 0 Å². The van der Waals surface area contributed by atoms with Gasteiger partial charge in [-0.15, -0.1) is 0 Å². The van der Waals surface area contributed by atoms with Crippen LogP contribution in [0.5, 0.6) is 0 Å². The minimum Gasteiger partial charge on any atom is -0.391 e. The summed E-state index contributed by atoms with van der Waals surface area (Å²) < 4.78 is 26.4. The van der Waals surface area contributed by atoms with E-state index in [2.05, 4.69) is 4.72 Å². The van der Waals surface area contributed by atoms with Crippen molar-refractivity contribution in [3.8, 4) is 0 Å². The predicted molar refractivity (Wildman–Crippen MR) is 65.1 cm³/mol. The van der Waals surface area contributed by atoms with Gasteiger partial charge < -0.3 is 5.11 Å². The highest BCUT2D eigenvalue weighted by atomic mass is 32.2. The van der Waals surface area contributed by atoms with Gasteiger partial charge in [0.05, 0.1) is 11.0 Å². The quantitative estimate of drug-likeness (QED) is 0.826. The highest BCUT2D eigenvalue weighted by Crippen LogP contribution is 2.32. The van der Waals surface area contributed by atoms with Gasteiger partial charge in [0.15, 0.2) is 0 Å². The fourth-order valence-electron chi connectivity index (χ4n) is 1.78. The summed E-state index contributed by atoms with van der Waals surface area (Å²) in [4.78, 5) is 0.281. The van der Waals surface area contributed by atoms with Crippen LogP contribution in [0.25, 0.3) is 0 Å². The molecule has 0 amide bonds. The van der Waals surface area contributed by atoms with Gasteiger partial charge in [0.2, 0.25) is 10.0 Å². The Morgan fingerprint density at radius 3 is 2.65 bits per heavy atom. The van der Waals surface area contributed by atoms with Crippen molar-refractivity contribution in [2.45, 2.75) is 30.8 Å². The maximum Gasteiger partial charge on any atom is 0.240 e. The lowest BCUT2D eigenvalue weighted by molar-refractivity contribution is 0.155. The van der Waals surface area contributed by atoms with Crippen LogP contribution in [-0.2, 0) is 10.0 Å². The van der Waals surface area contributed by atoms with Gasteiger partial charge in [-0.25, -0.2) is 13.1 Å². The zero-order valence-corrected chi connectivity index (χ0v) is 10.6. The van der Waals surface area contributed by atoms with Gasteiger partial charge >= 0.3 is 0 Å². The molecule has 0 spiro atoms. The van der Waals surface area contributed by atoms with Crippen molar-refractivity contribution in [1.82, 2.24) is 4.72 Å². The zero-order chi connectivity index (χ0) is 12.5. The molecule has 0 bridgehead atoms. The number of hydrogen-bond donors (Lipinski definition) is 2. The van der Waals surface area contributed by atoms with E-state index in [0.717, 1.165) is 12.8 Å². The number of aryl methyl sites for hydroxylation is 1. The summed E-state index contributed by atoms with van der Waals surface area (Å²) in [5.74, 6) is 0.273. The van der Waals surface area contributed by atoms with E-state index in [0.29, 0.717) is 5.56 Å². The summed E-state index contributed by atoms with van der Waals surface area (Å²) in [5, 5.41) is 9.64. The highest BCUT2D eigenvalue weighted by Gasteiger charge is 2.30. The first-order chi connectivity index (χ1) is 8.00. The average molecular weight is 255 g/mol. The van der Waals surface area contributed by atoms with Gasteiger partial charge in [0.25, 0.3) is 0 Å². The largest absolute Gasteiger partial charge is 0.391 e. The van der Waals surface area contributed by atoms with E-state index in [4.69, 9.17) is 0 Å². The number of benzene rings is 1. The Hall–Kier alpha value is -0.910. The first-order valence-corrected chi connectivity index (χ1v) is 7.22. The molecule has 94 valence electrons. The Kier molecular flexibility index (Phi) is 3.51. The molecule has 5 heteroatoms. The van der Waals surface area contributed by atoms with E-state index in [9.17, 15) is 13.5 Å². The fraction of sp³-hybridized carbons (Fsp3) is 0.500. The molecule has 1 saturated carbocycles. The molecule has 1 unspecified atom stereocenters. The van der Waals surface area contributed by atoms with Crippen molar-refractivity contribution in [1.29, 1.82) is 0 Å². The van der Waals surface area contributed by atoms with Crippen molar-refractivity contribution in [2.24, 2.45) is 5.92 Å². The third-order valence-electron chi connectivity index (χ3n) is 3.03. The lowest BCUT2D eigenvalue weighted by Crippen LogP contribution is -2.33. The van der Waals surface area contributed by atoms with E-state index in [-0.39, 0.29) is 17.4 Å². The van der Waals surface area contributed by atoms with Crippen LogP contribution in [-0.4, -0.2) is 26.2 Å². The molecular weight excluding hydrogens is 238 g/mol. The Morgan fingerprint density at radius 2 is 2.06 bits per heavy atom. The van der Waals surface area contributed by atoms with Crippen LogP contribution in [0, 0.1) is 12.8 Å². The van der Waals surface area contributed by atoms with Crippen molar-refractivity contribution in [3.63, 3.8) is 0 Å². The summed E-state index contributed by atoms with van der Waals surface area (Å²) in [6.45, 7) is 1.85. The second-order valence-corrected chi connectivity index (χ2v) is 6.26. The number of nitrogens with one attached hydrogen (secondary N) is 1. The molecule has 17 heavy (non-hydrogen) atoms. The van der Waals surface area contributed by atoms with Gasteiger partial charge in [-0.1, -0.05) is 18.2 Å². The number of sulfonamides is 1. The molecule has 0 saturated heterocycles. The van der Waals surface area contributed by atoms with Crippen LogP contribution in [0.15, 0.2) is 29.2 Å². The standard InChI is InChI=1S/C12H17NO3S/c1-9-4-2-3-5-12(9)17(15,16)13-8-11(14)10-6-7-10/h2-5,10-11,13-14H,6-8H2,1H3. The predicted octanol–water partition coefficient (Wildman–Crippen LogP) is 1.04. The molecule has 2 rings (SSSR count). The Morgan fingerprint density at radius 1 is 1.41 bits per heavy atom. The van der Waals surface area contributed by atoms with Crippen LogP contribution in [0.2, 0.25) is 0 Å². The minimum absolute atomic E-state index is 0.0985. The molecule has 0 aliphatic heterocycles. The maximum atomic E-state index is 12.0. The molecule has 1 aliphatic carbocycles. The van der Waals surface area contributed by atoms with E-state index in [1.54, 1.807) is 31.2 Å². The first-order valence-electron chi connectivity index (χ1n) is 5.74. The lowest BCUT2D eigenvalue weighted by Gasteiger charge is -2.12. The smallest absolute Gasteiger partial charge is 0.240 e. The molecule has 0 heterocycles. The van der Waals surface area contributed by atoms with Crippen molar-refractivity contribution in [3.05, 3.63) is 29.8 Å². The molecule has 1 aliphatic rings. The molecule has 2 N–H and O–H groups in total. The zero-order valence-electron chi connectivity index (χ0n) is 9.76. The highest BCUT2D eigenvalue weighted by molar-refractivity contribution is 7.89. The van der Waals surface area contributed by atoms with Gasteiger partial charge in [0.1, 0.15) is 0 Å². The molecule has 1 fully saturated rings. The van der Waals surface area contributed by atoms with E-state index >= 15 is 0 Å². The number of rotatable bonds is 5. The minimum atomic E-state index is -3.50.